The minimum Gasteiger partial charge on any atom is -0.373 e. The van der Waals surface area contributed by atoms with Crippen LogP contribution in [0.15, 0.2) is 48.5 Å². The van der Waals surface area contributed by atoms with Crippen molar-refractivity contribution >= 4 is 46.6 Å². The molecule has 34 heavy (non-hydrogen) atoms. The molecule has 8 heteroatoms. The van der Waals surface area contributed by atoms with E-state index >= 15 is 0 Å². The number of hydrogen-bond donors (Lipinski definition) is 1. The zero-order chi connectivity index (χ0) is 24.3. The van der Waals surface area contributed by atoms with E-state index in [2.05, 4.69) is 47.7 Å². The van der Waals surface area contributed by atoms with Gasteiger partial charge in [0.2, 0.25) is 0 Å². The van der Waals surface area contributed by atoms with E-state index in [4.69, 9.17) is 34.8 Å². The molecule has 5 nitrogen and oxygen atoms in total. The minimum atomic E-state index is -0.356. The van der Waals surface area contributed by atoms with E-state index in [1.54, 1.807) is 6.07 Å². The first-order valence-corrected chi connectivity index (χ1v) is 12.8. The Morgan fingerprint density at radius 3 is 2.29 bits per heavy atom. The third kappa shape index (κ3) is 5.59. The van der Waals surface area contributed by atoms with Crippen molar-refractivity contribution in [2.24, 2.45) is 5.41 Å². The Hall–Kier alpha value is -2.08. The van der Waals surface area contributed by atoms with Crippen molar-refractivity contribution in [3.8, 4) is 0 Å². The van der Waals surface area contributed by atoms with Gasteiger partial charge in [0, 0.05) is 20.8 Å². The van der Waals surface area contributed by atoms with Gasteiger partial charge in [-0.2, -0.15) is 0 Å². The largest absolute Gasteiger partial charge is 0.373 e. The Bertz CT molecular complexity index is 1140. The SMILES string of the molecule is CC(C)(C)[C@H](C=Cc1ccc(Cl)cc1Cl)n1nnnc1C1(Nc2ccc(Cl)cc2)CCCCC1. The summed E-state index contributed by atoms with van der Waals surface area (Å²) in [5.41, 5.74) is 1.42. The van der Waals surface area contributed by atoms with Crippen molar-refractivity contribution in [1.82, 2.24) is 20.2 Å². The highest BCUT2D eigenvalue weighted by atomic mass is 35.5. The molecule has 0 amide bonds. The Balaban J connectivity index is 1.74. The molecule has 1 aromatic heterocycles. The molecule has 1 N–H and O–H groups in total. The highest BCUT2D eigenvalue weighted by molar-refractivity contribution is 6.35. The number of rotatable bonds is 6. The van der Waals surface area contributed by atoms with E-state index in [0.29, 0.717) is 15.1 Å². The summed E-state index contributed by atoms with van der Waals surface area (Å²) in [6.07, 6.45) is 9.52. The molecule has 0 aliphatic heterocycles. The van der Waals surface area contributed by atoms with E-state index < -0.39 is 0 Å². The number of hydrogen-bond acceptors (Lipinski definition) is 4. The van der Waals surface area contributed by atoms with Crippen LogP contribution >= 0.6 is 34.8 Å². The van der Waals surface area contributed by atoms with Gasteiger partial charge in [0.1, 0.15) is 0 Å². The van der Waals surface area contributed by atoms with E-state index in [0.717, 1.165) is 42.8 Å². The van der Waals surface area contributed by atoms with E-state index in [1.807, 2.05) is 47.2 Å². The van der Waals surface area contributed by atoms with Gasteiger partial charge in [-0.15, -0.1) is 5.10 Å². The summed E-state index contributed by atoms with van der Waals surface area (Å²) in [4.78, 5) is 0. The third-order valence-corrected chi connectivity index (χ3v) is 7.24. The lowest BCUT2D eigenvalue weighted by Gasteiger charge is -2.39. The van der Waals surface area contributed by atoms with Crippen LogP contribution in [0.4, 0.5) is 5.69 Å². The average Bonchev–Trinajstić information content (AvgIpc) is 3.27. The molecule has 1 aliphatic carbocycles. The number of nitrogens with one attached hydrogen (secondary N) is 1. The van der Waals surface area contributed by atoms with Gasteiger partial charge >= 0.3 is 0 Å². The van der Waals surface area contributed by atoms with Crippen molar-refractivity contribution in [3.05, 3.63) is 75.0 Å². The Labute approximate surface area is 216 Å². The summed E-state index contributed by atoms with van der Waals surface area (Å²) in [5, 5.41) is 18.9. The van der Waals surface area contributed by atoms with Crippen LogP contribution in [0, 0.1) is 5.41 Å². The third-order valence-electron chi connectivity index (χ3n) is 6.43. The lowest BCUT2D eigenvalue weighted by Crippen LogP contribution is -2.42. The van der Waals surface area contributed by atoms with Gasteiger partial charge in [-0.3, -0.25) is 0 Å². The van der Waals surface area contributed by atoms with Gasteiger partial charge in [-0.25, -0.2) is 4.68 Å². The lowest BCUT2D eigenvalue weighted by molar-refractivity contribution is 0.237. The summed E-state index contributed by atoms with van der Waals surface area (Å²) in [7, 11) is 0. The van der Waals surface area contributed by atoms with E-state index in [-0.39, 0.29) is 17.0 Å². The van der Waals surface area contributed by atoms with E-state index in [9.17, 15) is 0 Å². The van der Waals surface area contributed by atoms with Crippen molar-refractivity contribution in [2.75, 3.05) is 5.32 Å². The average molecular weight is 519 g/mol. The molecule has 0 radical (unpaired) electrons. The van der Waals surface area contributed by atoms with Gasteiger partial charge in [-0.1, -0.05) is 93.1 Å². The summed E-state index contributed by atoms with van der Waals surface area (Å²) in [6.45, 7) is 6.57. The summed E-state index contributed by atoms with van der Waals surface area (Å²) in [5.74, 6) is 0.855. The molecule has 0 spiro atoms. The Kier molecular flexibility index (Phi) is 7.56. The number of allylic oxidation sites excluding steroid dienone is 1. The molecule has 1 atom stereocenters. The first-order chi connectivity index (χ1) is 16.2. The van der Waals surface area contributed by atoms with Gasteiger partial charge in [0.15, 0.2) is 5.82 Å². The van der Waals surface area contributed by atoms with Crippen molar-refractivity contribution in [3.63, 3.8) is 0 Å². The fourth-order valence-electron chi connectivity index (χ4n) is 4.63. The lowest BCUT2D eigenvalue weighted by atomic mass is 9.79. The first-order valence-electron chi connectivity index (χ1n) is 11.6. The summed E-state index contributed by atoms with van der Waals surface area (Å²) < 4.78 is 1.98. The Morgan fingerprint density at radius 1 is 0.971 bits per heavy atom. The Morgan fingerprint density at radius 2 is 1.65 bits per heavy atom. The number of nitrogens with zero attached hydrogens (tertiary/aromatic N) is 4. The molecule has 0 unspecified atom stereocenters. The van der Waals surface area contributed by atoms with Crippen molar-refractivity contribution < 1.29 is 0 Å². The molecule has 1 heterocycles. The van der Waals surface area contributed by atoms with Gasteiger partial charge in [-0.05, 0) is 70.6 Å². The van der Waals surface area contributed by atoms with Gasteiger partial charge in [0.25, 0.3) is 0 Å². The normalized spacial score (nSPS) is 17.1. The fraction of sp³-hybridized carbons (Fsp3) is 0.423. The molecule has 1 fully saturated rings. The van der Waals surface area contributed by atoms with Crippen LogP contribution in [-0.4, -0.2) is 20.2 Å². The van der Waals surface area contributed by atoms with Crippen molar-refractivity contribution in [1.29, 1.82) is 0 Å². The number of benzene rings is 2. The molecular weight excluding hydrogens is 489 g/mol. The predicted molar refractivity (Wildman–Crippen MR) is 142 cm³/mol. The number of halogens is 3. The molecule has 1 aliphatic rings. The second-order valence-corrected chi connectivity index (χ2v) is 11.3. The maximum Gasteiger partial charge on any atom is 0.177 e. The predicted octanol–water partition coefficient (Wildman–Crippen LogP) is 8.21. The molecule has 2 aromatic carbocycles. The number of tetrazole rings is 1. The number of anilines is 1. The second-order valence-electron chi connectivity index (χ2n) is 10.1. The molecular formula is C26H30Cl3N5. The molecule has 180 valence electrons. The number of aromatic nitrogens is 4. The molecule has 1 saturated carbocycles. The molecule has 3 aromatic rings. The smallest absolute Gasteiger partial charge is 0.177 e. The monoisotopic (exact) mass is 517 g/mol. The second kappa shape index (κ2) is 10.3. The standard InChI is InChI=1S/C26H30Cl3N5/c1-25(2,3)23(14-8-18-7-9-20(28)17-22(18)29)34-24(31-32-33-34)26(15-5-4-6-16-26)30-21-12-10-19(27)11-13-21/h7-14,17,23,30H,4-6,15-16H2,1-3H3/t23-/m0/s1. The minimum absolute atomic E-state index is 0.0879. The summed E-state index contributed by atoms with van der Waals surface area (Å²) >= 11 is 18.6. The van der Waals surface area contributed by atoms with Gasteiger partial charge < -0.3 is 5.32 Å². The van der Waals surface area contributed by atoms with Crippen LogP contribution in [0.2, 0.25) is 15.1 Å². The maximum atomic E-state index is 6.43. The fourth-order valence-corrected chi connectivity index (χ4v) is 5.23. The molecule has 4 rings (SSSR count). The first kappa shape index (κ1) is 25.0. The van der Waals surface area contributed by atoms with Crippen molar-refractivity contribution in [2.45, 2.75) is 64.5 Å². The van der Waals surface area contributed by atoms with Crippen LogP contribution in [0.5, 0.6) is 0 Å². The quantitative estimate of drug-likeness (QED) is 0.357. The highest BCUT2D eigenvalue weighted by Crippen LogP contribution is 2.42. The van der Waals surface area contributed by atoms with E-state index in [1.165, 1.54) is 6.42 Å². The topological polar surface area (TPSA) is 55.6 Å². The van der Waals surface area contributed by atoms with Crippen LogP contribution < -0.4 is 5.32 Å². The van der Waals surface area contributed by atoms with Crippen LogP contribution in [0.25, 0.3) is 6.08 Å². The zero-order valence-electron chi connectivity index (χ0n) is 19.7. The summed E-state index contributed by atoms with van der Waals surface area (Å²) in [6, 6.07) is 13.3. The molecule has 0 bridgehead atoms. The van der Waals surface area contributed by atoms with Crippen LogP contribution in [0.1, 0.15) is 70.3 Å². The zero-order valence-corrected chi connectivity index (χ0v) is 22.0. The highest BCUT2D eigenvalue weighted by Gasteiger charge is 2.41. The maximum absolute atomic E-state index is 6.43. The van der Waals surface area contributed by atoms with Crippen LogP contribution in [-0.2, 0) is 5.54 Å². The molecule has 0 saturated heterocycles. The van der Waals surface area contributed by atoms with Gasteiger partial charge in [0.05, 0.1) is 11.6 Å². The van der Waals surface area contributed by atoms with Crippen LogP contribution in [0.3, 0.4) is 0 Å².